The molecule has 0 saturated carbocycles. The minimum Gasteiger partial charge on any atom is -0.366 e. The molecule has 0 aliphatic carbocycles. The van der Waals surface area contributed by atoms with Crippen LogP contribution >= 0.6 is 0 Å². The van der Waals surface area contributed by atoms with Crippen molar-refractivity contribution in [2.45, 2.75) is 51.2 Å². The van der Waals surface area contributed by atoms with E-state index in [1.165, 1.54) is 32.2 Å². The number of carbonyl (C=O) groups excluding carboxylic acids is 1. The molecule has 0 aromatic heterocycles. The molecule has 3 aliphatic rings. The number of hydrogen-bond acceptors (Lipinski definition) is 4. The Labute approximate surface area is 134 Å². The van der Waals surface area contributed by atoms with Crippen LogP contribution in [0.4, 0.5) is 0 Å². The lowest BCUT2D eigenvalue weighted by Gasteiger charge is -2.40. The zero-order chi connectivity index (χ0) is 15.4. The lowest BCUT2D eigenvalue weighted by molar-refractivity contribution is -0.147. The summed E-state index contributed by atoms with van der Waals surface area (Å²) < 4.78 is 5.63. The van der Waals surface area contributed by atoms with Gasteiger partial charge in [0.1, 0.15) is 6.10 Å². The van der Waals surface area contributed by atoms with Crippen molar-refractivity contribution in [1.82, 2.24) is 15.1 Å². The van der Waals surface area contributed by atoms with Crippen LogP contribution in [0.2, 0.25) is 0 Å². The van der Waals surface area contributed by atoms with Crippen LogP contribution < -0.4 is 5.32 Å². The van der Waals surface area contributed by atoms with Gasteiger partial charge >= 0.3 is 0 Å². The van der Waals surface area contributed by atoms with E-state index in [-0.39, 0.29) is 12.0 Å². The fourth-order valence-corrected chi connectivity index (χ4v) is 4.10. The van der Waals surface area contributed by atoms with E-state index < -0.39 is 0 Å². The van der Waals surface area contributed by atoms with Crippen LogP contribution in [0.5, 0.6) is 0 Å². The average molecular weight is 309 g/mol. The van der Waals surface area contributed by atoms with Crippen LogP contribution in [0.25, 0.3) is 0 Å². The average Bonchev–Trinajstić information content (AvgIpc) is 2.57. The van der Waals surface area contributed by atoms with Crippen molar-refractivity contribution >= 4 is 5.91 Å². The van der Waals surface area contributed by atoms with Gasteiger partial charge in [-0.1, -0.05) is 6.42 Å². The van der Waals surface area contributed by atoms with Gasteiger partial charge in [0.25, 0.3) is 5.91 Å². The largest absolute Gasteiger partial charge is 0.366 e. The number of ether oxygens (including phenoxy) is 1. The van der Waals surface area contributed by atoms with Gasteiger partial charge in [0.05, 0.1) is 6.61 Å². The molecule has 3 heterocycles. The third-order valence-electron chi connectivity index (χ3n) is 5.47. The van der Waals surface area contributed by atoms with Crippen LogP contribution in [0.3, 0.4) is 0 Å². The molecule has 22 heavy (non-hydrogen) atoms. The SMILES string of the molecule is CC1CCCCN1CC1CCCN(C(=O)C2CNCCO2)C1. The summed E-state index contributed by atoms with van der Waals surface area (Å²) in [6, 6.07) is 0.714. The summed E-state index contributed by atoms with van der Waals surface area (Å²) in [6.45, 7) is 8.76. The summed E-state index contributed by atoms with van der Waals surface area (Å²) in [5.41, 5.74) is 0. The lowest BCUT2D eigenvalue weighted by Crippen LogP contribution is -2.53. The highest BCUT2D eigenvalue weighted by molar-refractivity contribution is 5.81. The fraction of sp³-hybridized carbons (Fsp3) is 0.941. The van der Waals surface area contributed by atoms with E-state index >= 15 is 0 Å². The number of nitrogens with zero attached hydrogens (tertiary/aromatic N) is 2. The number of hydrogen-bond donors (Lipinski definition) is 1. The first-order chi connectivity index (χ1) is 10.7. The Hall–Kier alpha value is -0.650. The highest BCUT2D eigenvalue weighted by atomic mass is 16.5. The molecule has 126 valence electrons. The van der Waals surface area contributed by atoms with E-state index in [0.717, 1.165) is 32.6 Å². The van der Waals surface area contributed by atoms with Crippen molar-refractivity contribution < 1.29 is 9.53 Å². The van der Waals surface area contributed by atoms with Gasteiger partial charge in [0.2, 0.25) is 0 Å². The standard InChI is InChI=1S/C17H31N3O2/c1-14-5-2-3-8-19(14)12-15-6-4-9-20(13-15)17(21)16-11-18-7-10-22-16/h14-16,18H,2-13H2,1H3. The molecule has 3 atom stereocenters. The van der Waals surface area contributed by atoms with Crippen LogP contribution in [0.1, 0.15) is 39.0 Å². The van der Waals surface area contributed by atoms with Crippen molar-refractivity contribution in [3.8, 4) is 0 Å². The second kappa shape index (κ2) is 7.75. The number of morpholine rings is 1. The molecule has 0 radical (unpaired) electrons. The smallest absolute Gasteiger partial charge is 0.253 e. The molecular formula is C17H31N3O2. The number of nitrogens with one attached hydrogen (secondary N) is 1. The predicted molar refractivity (Wildman–Crippen MR) is 86.8 cm³/mol. The van der Waals surface area contributed by atoms with Crippen molar-refractivity contribution in [2.24, 2.45) is 5.92 Å². The van der Waals surface area contributed by atoms with Crippen molar-refractivity contribution in [1.29, 1.82) is 0 Å². The Morgan fingerprint density at radius 3 is 2.91 bits per heavy atom. The second-order valence-electron chi connectivity index (χ2n) is 7.20. The third kappa shape index (κ3) is 4.00. The van der Waals surface area contributed by atoms with Crippen LogP contribution in [-0.4, -0.2) is 73.7 Å². The minimum absolute atomic E-state index is 0.198. The van der Waals surface area contributed by atoms with Gasteiger partial charge in [0, 0.05) is 38.8 Å². The predicted octanol–water partition coefficient (Wildman–Crippen LogP) is 1.09. The van der Waals surface area contributed by atoms with Crippen LogP contribution in [-0.2, 0) is 9.53 Å². The van der Waals surface area contributed by atoms with Crippen LogP contribution in [0.15, 0.2) is 0 Å². The summed E-state index contributed by atoms with van der Waals surface area (Å²) in [4.78, 5) is 17.3. The number of carbonyl (C=O) groups is 1. The first-order valence-corrected chi connectivity index (χ1v) is 9.09. The Bertz CT molecular complexity index is 371. The van der Waals surface area contributed by atoms with E-state index in [1.54, 1.807) is 0 Å². The van der Waals surface area contributed by atoms with E-state index in [0.29, 0.717) is 25.1 Å². The molecule has 1 N–H and O–H groups in total. The summed E-state index contributed by atoms with van der Waals surface area (Å²) in [5.74, 6) is 0.832. The monoisotopic (exact) mass is 309 g/mol. The molecule has 3 aliphatic heterocycles. The third-order valence-corrected chi connectivity index (χ3v) is 5.47. The highest BCUT2D eigenvalue weighted by Gasteiger charge is 2.31. The second-order valence-corrected chi connectivity index (χ2v) is 7.20. The van der Waals surface area contributed by atoms with Gasteiger partial charge in [-0.25, -0.2) is 0 Å². The highest BCUT2D eigenvalue weighted by Crippen LogP contribution is 2.23. The summed E-state index contributed by atoms with van der Waals surface area (Å²) in [7, 11) is 0. The summed E-state index contributed by atoms with van der Waals surface area (Å²) in [5, 5.41) is 3.26. The molecule has 0 aromatic carbocycles. The Balaban J connectivity index is 1.51. The fourth-order valence-electron chi connectivity index (χ4n) is 4.10. The van der Waals surface area contributed by atoms with E-state index in [4.69, 9.17) is 4.74 Å². The van der Waals surface area contributed by atoms with Crippen LogP contribution in [0, 0.1) is 5.92 Å². The zero-order valence-corrected chi connectivity index (χ0v) is 13.9. The quantitative estimate of drug-likeness (QED) is 0.847. The minimum atomic E-state index is -0.263. The summed E-state index contributed by atoms with van der Waals surface area (Å²) >= 11 is 0. The molecule has 0 aromatic rings. The molecule has 5 heteroatoms. The maximum atomic E-state index is 12.6. The number of rotatable bonds is 3. The molecule has 0 spiro atoms. The number of amides is 1. The molecule has 1 amide bonds. The van der Waals surface area contributed by atoms with Crippen molar-refractivity contribution in [2.75, 3.05) is 45.9 Å². The van der Waals surface area contributed by atoms with Gasteiger partial charge in [0.15, 0.2) is 0 Å². The maximum absolute atomic E-state index is 12.6. The van der Waals surface area contributed by atoms with Gasteiger partial charge in [-0.05, 0) is 45.1 Å². The zero-order valence-electron chi connectivity index (χ0n) is 13.9. The molecule has 5 nitrogen and oxygen atoms in total. The number of piperidine rings is 2. The van der Waals surface area contributed by atoms with E-state index in [1.807, 2.05) is 0 Å². The maximum Gasteiger partial charge on any atom is 0.253 e. The van der Waals surface area contributed by atoms with Crippen molar-refractivity contribution in [3.63, 3.8) is 0 Å². The molecule has 3 fully saturated rings. The van der Waals surface area contributed by atoms with E-state index in [2.05, 4.69) is 22.0 Å². The van der Waals surface area contributed by atoms with Gasteiger partial charge in [-0.3, -0.25) is 4.79 Å². The topological polar surface area (TPSA) is 44.8 Å². The van der Waals surface area contributed by atoms with E-state index in [9.17, 15) is 4.79 Å². The molecule has 3 unspecified atom stereocenters. The Morgan fingerprint density at radius 2 is 2.14 bits per heavy atom. The van der Waals surface area contributed by atoms with Gasteiger partial charge < -0.3 is 19.9 Å². The van der Waals surface area contributed by atoms with Crippen molar-refractivity contribution in [3.05, 3.63) is 0 Å². The molecule has 3 rings (SSSR count). The first-order valence-electron chi connectivity index (χ1n) is 9.09. The summed E-state index contributed by atoms with van der Waals surface area (Å²) in [6.07, 6.45) is 6.17. The number of likely N-dealkylation sites (tertiary alicyclic amines) is 2. The lowest BCUT2D eigenvalue weighted by atomic mass is 9.94. The Kier molecular flexibility index (Phi) is 5.71. The van der Waals surface area contributed by atoms with Gasteiger partial charge in [-0.15, -0.1) is 0 Å². The normalized spacial score (nSPS) is 34.6. The molecule has 3 saturated heterocycles. The molecule has 0 bridgehead atoms. The first kappa shape index (κ1) is 16.2. The van der Waals surface area contributed by atoms with Gasteiger partial charge in [-0.2, -0.15) is 0 Å². The molecular weight excluding hydrogens is 278 g/mol. The Morgan fingerprint density at radius 1 is 1.23 bits per heavy atom.